The summed E-state index contributed by atoms with van der Waals surface area (Å²) < 4.78 is 30.8. The molecule has 1 amide bonds. The number of hydrogen-bond donors (Lipinski definition) is 2. The van der Waals surface area contributed by atoms with Crippen LogP contribution in [0.2, 0.25) is 0 Å². The van der Waals surface area contributed by atoms with Crippen LogP contribution in [0, 0.1) is 0 Å². The van der Waals surface area contributed by atoms with E-state index in [1.165, 1.54) is 0 Å². The van der Waals surface area contributed by atoms with Gasteiger partial charge < -0.3 is 4.74 Å². The molecule has 2 N–H and O–H groups in total. The molecule has 0 saturated heterocycles. The molecular formula is C7H15BrN2O4S. The van der Waals surface area contributed by atoms with E-state index in [9.17, 15) is 13.2 Å². The summed E-state index contributed by atoms with van der Waals surface area (Å²) in [6.45, 7) is 1.86. The van der Waals surface area contributed by atoms with Gasteiger partial charge in [-0.05, 0) is 12.8 Å². The first-order valence-corrected chi connectivity index (χ1v) is 6.99. The fourth-order valence-corrected chi connectivity index (χ4v) is 2.52. The zero-order valence-corrected chi connectivity index (χ0v) is 11.0. The van der Waals surface area contributed by atoms with Gasteiger partial charge in [0.1, 0.15) is 0 Å². The molecule has 8 heteroatoms. The molecule has 0 spiro atoms. The highest BCUT2D eigenvalue weighted by molar-refractivity contribution is 9.09. The minimum absolute atomic E-state index is 0.202. The van der Waals surface area contributed by atoms with E-state index in [-0.39, 0.29) is 6.04 Å². The van der Waals surface area contributed by atoms with Crippen molar-refractivity contribution in [2.75, 3.05) is 12.4 Å². The van der Waals surface area contributed by atoms with E-state index in [2.05, 4.69) is 25.4 Å². The van der Waals surface area contributed by atoms with E-state index in [1.807, 2.05) is 6.92 Å². The van der Waals surface area contributed by atoms with Crippen molar-refractivity contribution in [3.8, 4) is 0 Å². The fraction of sp³-hybridized carbons (Fsp3) is 0.857. The molecule has 0 saturated carbocycles. The maximum atomic E-state index is 11.3. The molecule has 0 radical (unpaired) electrons. The zero-order chi connectivity index (χ0) is 11.9. The summed E-state index contributed by atoms with van der Waals surface area (Å²) in [7, 11) is -2.72. The number of amides is 1. The van der Waals surface area contributed by atoms with E-state index >= 15 is 0 Å². The predicted octanol–water partition coefficient (Wildman–Crippen LogP) is 0.740. The van der Waals surface area contributed by atoms with Crippen LogP contribution in [0.4, 0.5) is 4.79 Å². The second-order valence-corrected chi connectivity index (χ2v) is 5.04. The largest absolute Gasteiger partial charge is 0.452 e. The van der Waals surface area contributed by atoms with Crippen molar-refractivity contribution in [3.05, 3.63) is 0 Å². The van der Waals surface area contributed by atoms with Crippen molar-refractivity contribution in [2.24, 2.45) is 0 Å². The average molecular weight is 303 g/mol. The number of rotatable bonds is 6. The maximum Gasteiger partial charge on any atom is 0.421 e. The second-order valence-electron chi connectivity index (χ2n) is 2.80. The monoisotopic (exact) mass is 302 g/mol. The number of methoxy groups -OCH3 is 1. The first-order valence-electron chi connectivity index (χ1n) is 4.39. The van der Waals surface area contributed by atoms with Gasteiger partial charge in [-0.1, -0.05) is 22.9 Å². The topological polar surface area (TPSA) is 84.5 Å². The van der Waals surface area contributed by atoms with Gasteiger partial charge >= 0.3 is 16.3 Å². The standard InChI is InChI=1S/C7H15BrN2O4S/c1-3-6(4-5-8)9-15(12,13)10-7(11)14-2/h6,9H,3-5H2,1-2H3,(H,10,11). The summed E-state index contributed by atoms with van der Waals surface area (Å²) in [5.41, 5.74) is 0. The molecule has 0 heterocycles. The smallest absolute Gasteiger partial charge is 0.421 e. The molecule has 1 unspecified atom stereocenters. The van der Waals surface area contributed by atoms with Crippen LogP contribution in [0.25, 0.3) is 0 Å². The third kappa shape index (κ3) is 6.69. The number of carbonyl (C=O) groups is 1. The van der Waals surface area contributed by atoms with Gasteiger partial charge in [0.25, 0.3) is 0 Å². The Morgan fingerprint density at radius 3 is 2.53 bits per heavy atom. The summed E-state index contributed by atoms with van der Waals surface area (Å²) in [4.78, 5) is 10.7. The molecule has 0 fully saturated rings. The molecule has 0 bridgehead atoms. The highest BCUT2D eigenvalue weighted by Gasteiger charge is 2.18. The van der Waals surface area contributed by atoms with Crippen molar-refractivity contribution in [3.63, 3.8) is 0 Å². The molecule has 0 aromatic heterocycles. The third-order valence-corrected chi connectivity index (χ3v) is 3.21. The van der Waals surface area contributed by atoms with Crippen LogP contribution in [0.3, 0.4) is 0 Å². The lowest BCUT2D eigenvalue weighted by Gasteiger charge is -2.15. The Balaban J connectivity index is 4.28. The first-order chi connectivity index (χ1) is 6.95. The Hall–Kier alpha value is -0.340. The average Bonchev–Trinajstić information content (AvgIpc) is 2.15. The lowest BCUT2D eigenvalue weighted by molar-refractivity contribution is 0.177. The molecule has 6 nitrogen and oxygen atoms in total. The Morgan fingerprint density at radius 2 is 2.13 bits per heavy atom. The van der Waals surface area contributed by atoms with Crippen LogP contribution in [-0.4, -0.2) is 33.0 Å². The van der Waals surface area contributed by atoms with E-state index < -0.39 is 16.3 Å². The van der Waals surface area contributed by atoms with Crippen molar-refractivity contribution in [2.45, 2.75) is 25.8 Å². The summed E-state index contributed by atoms with van der Waals surface area (Å²) in [5.74, 6) is 0. The number of carbonyl (C=O) groups excluding carboxylic acids is 1. The first kappa shape index (κ1) is 14.7. The van der Waals surface area contributed by atoms with Gasteiger partial charge in [0.2, 0.25) is 0 Å². The number of alkyl halides is 1. The van der Waals surface area contributed by atoms with Crippen LogP contribution >= 0.6 is 15.9 Å². The lowest BCUT2D eigenvalue weighted by Crippen LogP contribution is -2.45. The zero-order valence-electron chi connectivity index (χ0n) is 8.62. The summed E-state index contributed by atoms with van der Waals surface area (Å²) in [5, 5.41) is 0.687. The minimum Gasteiger partial charge on any atom is -0.452 e. The quantitative estimate of drug-likeness (QED) is 0.709. The Morgan fingerprint density at radius 1 is 1.53 bits per heavy atom. The molecule has 1 atom stereocenters. The Labute approximate surface area is 98.1 Å². The van der Waals surface area contributed by atoms with Crippen molar-refractivity contribution in [1.82, 2.24) is 9.44 Å². The predicted molar refractivity (Wildman–Crippen MR) is 60.1 cm³/mol. The number of hydrogen-bond acceptors (Lipinski definition) is 4. The number of nitrogens with one attached hydrogen (secondary N) is 2. The van der Waals surface area contributed by atoms with Gasteiger partial charge in [0, 0.05) is 11.4 Å². The lowest BCUT2D eigenvalue weighted by atomic mass is 10.2. The molecule has 0 aromatic rings. The number of halogens is 1. The van der Waals surface area contributed by atoms with Gasteiger partial charge in [-0.3, -0.25) is 0 Å². The van der Waals surface area contributed by atoms with Crippen LogP contribution in [0.15, 0.2) is 0 Å². The summed E-state index contributed by atoms with van der Waals surface area (Å²) in [6, 6.07) is -0.202. The van der Waals surface area contributed by atoms with E-state index in [4.69, 9.17) is 0 Å². The summed E-state index contributed by atoms with van der Waals surface area (Å²) in [6.07, 6.45) is 0.294. The van der Waals surface area contributed by atoms with E-state index in [0.29, 0.717) is 18.2 Å². The molecule has 0 aliphatic rings. The van der Waals surface area contributed by atoms with Crippen LogP contribution in [0.5, 0.6) is 0 Å². The van der Waals surface area contributed by atoms with E-state index in [0.717, 1.165) is 7.11 Å². The van der Waals surface area contributed by atoms with Crippen LogP contribution < -0.4 is 9.44 Å². The highest BCUT2D eigenvalue weighted by atomic mass is 79.9. The van der Waals surface area contributed by atoms with Gasteiger partial charge in [0.15, 0.2) is 0 Å². The Kier molecular flexibility index (Phi) is 6.86. The molecule has 90 valence electrons. The van der Waals surface area contributed by atoms with Crippen molar-refractivity contribution >= 4 is 32.2 Å². The molecule has 0 rings (SSSR count). The number of ether oxygens (including phenoxy) is 1. The maximum absolute atomic E-state index is 11.3. The SMILES string of the molecule is CCC(CCBr)NS(=O)(=O)NC(=O)OC. The van der Waals surface area contributed by atoms with Crippen molar-refractivity contribution < 1.29 is 17.9 Å². The highest BCUT2D eigenvalue weighted by Crippen LogP contribution is 2.01. The molecule has 0 aromatic carbocycles. The van der Waals surface area contributed by atoms with Crippen LogP contribution in [0.1, 0.15) is 19.8 Å². The van der Waals surface area contributed by atoms with Gasteiger partial charge in [-0.15, -0.1) is 0 Å². The van der Waals surface area contributed by atoms with Gasteiger partial charge in [0.05, 0.1) is 7.11 Å². The van der Waals surface area contributed by atoms with Gasteiger partial charge in [-0.2, -0.15) is 13.1 Å². The molecule has 0 aliphatic heterocycles. The minimum atomic E-state index is -3.82. The molecule has 0 aliphatic carbocycles. The molecular weight excluding hydrogens is 288 g/mol. The fourth-order valence-electron chi connectivity index (χ4n) is 0.878. The third-order valence-electron chi connectivity index (χ3n) is 1.68. The second kappa shape index (κ2) is 7.02. The Bertz CT molecular complexity index is 293. The van der Waals surface area contributed by atoms with E-state index in [1.54, 1.807) is 4.72 Å². The molecule has 15 heavy (non-hydrogen) atoms. The van der Waals surface area contributed by atoms with Crippen molar-refractivity contribution in [1.29, 1.82) is 0 Å². The van der Waals surface area contributed by atoms with Crippen LogP contribution in [-0.2, 0) is 14.9 Å². The van der Waals surface area contributed by atoms with Gasteiger partial charge in [-0.25, -0.2) is 9.52 Å². The summed E-state index contributed by atoms with van der Waals surface area (Å²) >= 11 is 3.22. The normalized spacial score (nSPS) is 13.3.